The molecule has 4 rings (SSSR count). The number of pyridine rings is 1. The van der Waals surface area contributed by atoms with Crippen LogP contribution in [0, 0.1) is 11.7 Å². The Morgan fingerprint density at radius 2 is 1.97 bits per heavy atom. The van der Waals surface area contributed by atoms with E-state index in [4.69, 9.17) is 16.3 Å². The summed E-state index contributed by atoms with van der Waals surface area (Å²) < 4.78 is 19.3. The highest BCUT2D eigenvalue weighted by atomic mass is 35.5. The average molecular weight is 471 g/mol. The number of anilines is 1. The first kappa shape index (κ1) is 22.9. The molecule has 0 spiro atoms. The highest BCUT2D eigenvalue weighted by Gasteiger charge is 2.27. The van der Waals surface area contributed by atoms with Crippen molar-refractivity contribution in [2.24, 2.45) is 5.92 Å². The molecule has 1 heterocycles. The molecule has 8 heteroatoms. The van der Waals surface area contributed by atoms with Crippen molar-refractivity contribution in [3.05, 3.63) is 59.4 Å². The summed E-state index contributed by atoms with van der Waals surface area (Å²) in [4.78, 5) is 16.1. The zero-order valence-corrected chi connectivity index (χ0v) is 18.8. The van der Waals surface area contributed by atoms with Crippen LogP contribution < -0.4 is 10.1 Å². The standard InChI is InChI=1S/C25H24ClFN2O4/c1-33-18-6-7-19(23(30)13-18)22-11-16(14-5-8-20(26)21(27)10-14)12-24(29-22)28-17-4-2-3-15(9-17)25(31)32/h5-8,10-13,15,17,30H,2-4,9H2,1H3,(H,28,29)(H,31,32). The predicted molar refractivity (Wildman–Crippen MR) is 125 cm³/mol. The van der Waals surface area contributed by atoms with Gasteiger partial charge in [0.15, 0.2) is 0 Å². The molecule has 3 aromatic rings. The summed E-state index contributed by atoms with van der Waals surface area (Å²) in [6, 6.07) is 13.0. The summed E-state index contributed by atoms with van der Waals surface area (Å²) in [6.07, 6.45) is 2.80. The molecule has 0 bridgehead atoms. The van der Waals surface area contributed by atoms with Gasteiger partial charge in [0, 0.05) is 17.7 Å². The van der Waals surface area contributed by atoms with Gasteiger partial charge < -0.3 is 20.3 Å². The van der Waals surface area contributed by atoms with Crippen LogP contribution in [0.4, 0.5) is 10.2 Å². The second-order valence-corrected chi connectivity index (χ2v) is 8.59. The maximum atomic E-state index is 14.2. The molecule has 0 saturated heterocycles. The number of hydrogen-bond donors (Lipinski definition) is 3. The van der Waals surface area contributed by atoms with Crippen molar-refractivity contribution in [1.82, 2.24) is 4.98 Å². The second-order valence-electron chi connectivity index (χ2n) is 8.18. The molecule has 2 atom stereocenters. The number of nitrogens with zero attached hydrogens (tertiary/aromatic N) is 1. The van der Waals surface area contributed by atoms with Crippen LogP contribution in [0.1, 0.15) is 25.7 Å². The fourth-order valence-corrected chi connectivity index (χ4v) is 4.31. The first-order chi connectivity index (χ1) is 15.8. The fourth-order valence-electron chi connectivity index (χ4n) is 4.19. The number of aliphatic carboxylic acids is 1. The number of carboxylic acid groups (broad SMARTS) is 1. The Bertz CT molecular complexity index is 1190. The van der Waals surface area contributed by atoms with E-state index in [2.05, 4.69) is 10.3 Å². The predicted octanol–water partition coefficient (Wildman–Crippen LogP) is 5.98. The number of halogens is 2. The molecule has 1 fully saturated rings. The summed E-state index contributed by atoms with van der Waals surface area (Å²) in [6.45, 7) is 0. The lowest BCUT2D eigenvalue weighted by molar-refractivity contribution is -0.142. The van der Waals surface area contributed by atoms with Gasteiger partial charge in [0.2, 0.25) is 0 Å². The molecule has 1 aromatic heterocycles. The second kappa shape index (κ2) is 9.67. The lowest BCUT2D eigenvalue weighted by atomic mass is 9.86. The smallest absolute Gasteiger partial charge is 0.306 e. The van der Waals surface area contributed by atoms with Crippen LogP contribution in [0.5, 0.6) is 11.5 Å². The zero-order chi connectivity index (χ0) is 23.5. The normalized spacial score (nSPS) is 18.0. The van der Waals surface area contributed by atoms with Gasteiger partial charge in [-0.25, -0.2) is 9.37 Å². The number of rotatable bonds is 6. The van der Waals surface area contributed by atoms with Crippen LogP contribution in [0.25, 0.3) is 22.4 Å². The lowest BCUT2D eigenvalue weighted by Crippen LogP contribution is -2.31. The van der Waals surface area contributed by atoms with E-state index in [1.807, 2.05) is 0 Å². The first-order valence-electron chi connectivity index (χ1n) is 10.7. The summed E-state index contributed by atoms with van der Waals surface area (Å²) in [5.74, 6) is -0.697. The summed E-state index contributed by atoms with van der Waals surface area (Å²) in [5, 5.41) is 23.3. The van der Waals surface area contributed by atoms with Crippen LogP contribution in [0.15, 0.2) is 48.5 Å². The van der Waals surface area contributed by atoms with Crippen molar-refractivity contribution < 1.29 is 24.1 Å². The van der Waals surface area contributed by atoms with E-state index in [0.29, 0.717) is 46.8 Å². The molecule has 2 unspecified atom stereocenters. The fraction of sp³-hybridized carbons (Fsp3) is 0.280. The van der Waals surface area contributed by atoms with Crippen molar-refractivity contribution in [3.8, 4) is 33.9 Å². The Balaban J connectivity index is 1.75. The third-order valence-electron chi connectivity index (χ3n) is 5.93. The van der Waals surface area contributed by atoms with Gasteiger partial charge in [-0.3, -0.25) is 4.79 Å². The van der Waals surface area contributed by atoms with Crippen LogP contribution in [-0.4, -0.2) is 34.3 Å². The number of phenols is 1. The van der Waals surface area contributed by atoms with Crippen molar-refractivity contribution in [2.45, 2.75) is 31.7 Å². The molecule has 0 amide bonds. The summed E-state index contributed by atoms with van der Waals surface area (Å²) in [5.41, 5.74) is 2.25. The Hall–Kier alpha value is -3.32. The number of benzene rings is 2. The van der Waals surface area contributed by atoms with Gasteiger partial charge in [0.25, 0.3) is 0 Å². The third kappa shape index (κ3) is 5.20. The molecular weight excluding hydrogens is 447 g/mol. The minimum atomic E-state index is -0.788. The highest BCUT2D eigenvalue weighted by molar-refractivity contribution is 6.30. The monoisotopic (exact) mass is 470 g/mol. The Labute approximate surface area is 196 Å². The molecule has 1 aliphatic rings. The minimum Gasteiger partial charge on any atom is -0.507 e. The number of aromatic nitrogens is 1. The number of ether oxygens (including phenoxy) is 1. The minimum absolute atomic E-state index is 0.00385. The van der Waals surface area contributed by atoms with E-state index >= 15 is 0 Å². The number of methoxy groups -OCH3 is 1. The van der Waals surface area contributed by atoms with Gasteiger partial charge in [-0.15, -0.1) is 0 Å². The maximum absolute atomic E-state index is 14.2. The van der Waals surface area contributed by atoms with Gasteiger partial charge in [-0.1, -0.05) is 24.1 Å². The molecule has 33 heavy (non-hydrogen) atoms. The number of phenolic OH excluding ortho intramolecular Hbond substituents is 1. The van der Waals surface area contributed by atoms with Crippen molar-refractivity contribution in [1.29, 1.82) is 0 Å². The van der Waals surface area contributed by atoms with Gasteiger partial charge >= 0.3 is 5.97 Å². The van der Waals surface area contributed by atoms with Crippen LogP contribution in [-0.2, 0) is 4.79 Å². The largest absolute Gasteiger partial charge is 0.507 e. The Kier molecular flexibility index (Phi) is 6.70. The quantitative estimate of drug-likeness (QED) is 0.410. The maximum Gasteiger partial charge on any atom is 0.306 e. The summed E-state index contributed by atoms with van der Waals surface area (Å²) in [7, 11) is 1.51. The topological polar surface area (TPSA) is 91.7 Å². The van der Waals surface area contributed by atoms with E-state index in [1.165, 1.54) is 25.3 Å². The average Bonchev–Trinajstić information content (AvgIpc) is 2.80. The number of aromatic hydroxyl groups is 1. The molecule has 172 valence electrons. The molecule has 0 radical (unpaired) electrons. The molecule has 6 nitrogen and oxygen atoms in total. The molecule has 2 aromatic carbocycles. The van der Waals surface area contributed by atoms with Gasteiger partial charge in [0.1, 0.15) is 23.1 Å². The summed E-state index contributed by atoms with van der Waals surface area (Å²) >= 11 is 5.85. The third-order valence-corrected chi connectivity index (χ3v) is 6.24. The van der Waals surface area contributed by atoms with Crippen molar-refractivity contribution in [2.75, 3.05) is 12.4 Å². The Morgan fingerprint density at radius 1 is 1.15 bits per heavy atom. The van der Waals surface area contributed by atoms with Gasteiger partial charge in [-0.2, -0.15) is 0 Å². The molecule has 3 N–H and O–H groups in total. The SMILES string of the molecule is COc1ccc(-c2cc(-c3ccc(Cl)c(F)c3)cc(NC3CCCC(C(=O)O)C3)n2)c(O)c1. The highest BCUT2D eigenvalue weighted by Crippen LogP contribution is 2.36. The molecule has 0 aliphatic heterocycles. The van der Waals surface area contributed by atoms with Crippen molar-refractivity contribution >= 4 is 23.4 Å². The molecule has 1 saturated carbocycles. The van der Waals surface area contributed by atoms with E-state index < -0.39 is 17.7 Å². The van der Waals surface area contributed by atoms with E-state index in [0.717, 1.165) is 12.8 Å². The number of carboxylic acids is 1. The van der Waals surface area contributed by atoms with Crippen LogP contribution in [0.3, 0.4) is 0 Å². The van der Waals surface area contributed by atoms with Gasteiger partial charge in [0.05, 0.1) is 23.7 Å². The van der Waals surface area contributed by atoms with Crippen LogP contribution >= 0.6 is 11.6 Å². The van der Waals surface area contributed by atoms with Crippen LogP contribution in [0.2, 0.25) is 5.02 Å². The van der Waals surface area contributed by atoms with Gasteiger partial charge in [-0.05, 0) is 66.8 Å². The number of hydrogen-bond acceptors (Lipinski definition) is 5. The van der Waals surface area contributed by atoms with Crippen molar-refractivity contribution in [3.63, 3.8) is 0 Å². The van der Waals surface area contributed by atoms with E-state index in [1.54, 1.807) is 30.3 Å². The van der Waals surface area contributed by atoms with E-state index in [-0.39, 0.29) is 16.8 Å². The molecular formula is C25H24ClFN2O4. The molecule has 1 aliphatic carbocycles. The zero-order valence-electron chi connectivity index (χ0n) is 18.0. The lowest BCUT2D eigenvalue weighted by Gasteiger charge is -2.28. The number of carbonyl (C=O) groups is 1. The first-order valence-corrected chi connectivity index (χ1v) is 11.1. The Morgan fingerprint density at radius 3 is 2.67 bits per heavy atom. The number of nitrogens with one attached hydrogen (secondary N) is 1. The van der Waals surface area contributed by atoms with E-state index in [9.17, 15) is 19.4 Å².